The van der Waals surface area contributed by atoms with Crippen molar-refractivity contribution in [3.05, 3.63) is 40.0 Å². The molecule has 4 rings (SSSR count). The third-order valence-corrected chi connectivity index (χ3v) is 6.12. The maximum Gasteiger partial charge on any atom is 0.255 e. The highest BCUT2D eigenvalue weighted by Gasteiger charge is 2.28. The average Bonchev–Trinajstić information content (AvgIpc) is 3.05. The molecular formula is C18H22N4OS. The van der Waals surface area contributed by atoms with E-state index in [1.54, 1.807) is 29.9 Å². The Morgan fingerprint density at radius 1 is 1.25 bits per heavy atom. The summed E-state index contributed by atoms with van der Waals surface area (Å²) < 4.78 is 0. The molecule has 0 aromatic carbocycles. The van der Waals surface area contributed by atoms with Crippen molar-refractivity contribution in [2.45, 2.75) is 26.2 Å². The van der Waals surface area contributed by atoms with Crippen molar-refractivity contribution in [3.63, 3.8) is 0 Å². The zero-order chi connectivity index (χ0) is 16.5. The largest absolute Gasteiger partial charge is 0.352 e. The van der Waals surface area contributed by atoms with E-state index in [9.17, 15) is 4.79 Å². The number of fused-ring (bicyclic) bond motifs is 1. The van der Waals surface area contributed by atoms with Crippen LogP contribution in [0.25, 0.3) is 0 Å². The molecule has 0 spiro atoms. The molecule has 1 aliphatic heterocycles. The Morgan fingerprint density at radius 3 is 2.83 bits per heavy atom. The maximum atomic E-state index is 12.9. The standard InChI is InChI=1S/C18H22N4OS/c1-13-2-3-14-15(12-24-16(14)10-13)18(23)22-8-6-21(7-9-22)17-11-19-4-5-20-17/h4-5,11-13H,2-3,6-10H2,1H3/t13-/m1/s1. The van der Waals surface area contributed by atoms with Gasteiger partial charge < -0.3 is 9.80 Å². The third kappa shape index (κ3) is 2.90. The van der Waals surface area contributed by atoms with E-state index in [1.165, 1.54) is 16.9 Å². The van der Waals surface area contributed by atoms with Crippen molar-refractivity contribution in [2.24, 2.45) is 5.92 Å². The summed E-state index contributed by atoms with van der Waals surface area (Å²) in [4.78, 5) is 27.0. The summed E-state index contributed by atoms with van der Waals surface area (Å²) in [6.45, 7) is 5.42. The molecular weight excluding hydrogens is 320 g/mol. The molecule has 5 nitrogen and oxygen atoms in total. The van der Waals surface area contributed by atoms with E-state index in [1.807, 2.05) is 4.90 Å². The van der Waals surface area contributed by atoms with Crippen LogP contribution in [-0.2, 0) is 12.8 Å². The van der Waals surface area contributed by atoms with Crippen LogP contribution in [0.3, 0.4) is 0 Å². The maximum absolute atomic E-state index is 12.9. The molecule has 0 bridgehead atoms. The van der Waals surface area contributed by atoms with Gasteiger partial charge in [-0.05, 0) is 30.7 Å². The van der Waals surface area contributed by atoms with Gasteiger partial charge in [0.15, 0.2) is 0 Å². The zero-order valence-electron chi connectivity index (χ0n) is 13.9. The molecule has 0 unspecified atom stereocenters. The fourth-order valence-electron chi connectivity index (χ4n) is 3.62. The SMILES string of the molecule is C[C@@H]1CCc2c(C(=O)N3CCN(c4cnccn4)CC3)csc2C1. The summed E-state index contributed by atoms with van der Waals surface area (Å²) in [5.41, 5.74) is 2.27. The van der Waals surface area contributed by atoms with E-state index in [4.69, 9.17) is 0 Å². The first kappa shape index (κ1) is 15.6. The smallest absolute Gasteiger partial charge is 0.255 e. The minimum absolute atomic E-state index is 0.209. The van der Waals surface area contributed by atoms with Gasteiger partial charge in [-0.1, -0.05) is 6.92 Å². The van der Waals surface area contributed by atoms with Crippen molar-refractivity contribution in [1.82, 2.24) is 14.9 Å². The lowest BCUT2D eigenvalue weighted by molar-refractivity contribution is 0.0745. The highest BCUT2D eigenvalue weighted by Crippen LogP contribution is 2.33. The van der Waals surface area contributed by atoms with Crippen LogP contribution in [0.5, 0.6) is 0 Å². The van der Waals surface area contributed by atoms with E-state index in [0.717, 1.165) is 56.3 Å². The van der Waals surface area contributed by atoms with Crippen molar-refractivity contribution in [2.75, 3.05) is 31.1 Å². The summed E-state index contributed by atoms with van der Waals surface area (Å²) in [6.07, 6.45) is 8.57. The molecule has 1 aliphatic carbocycles. The second-order valence-corrected chi connectivity index (χ2v) is 7.71. The second-order valence-electron chi connectivity index (χ2n) is 6.74. The molecule has 1 atom stereocenters. The van der Waals surface area contributed by atoms with Crippen LogP contribution in [-0.4, -0.2) is 47.0 Å². The highest BCUT2D eigenvalue weighted by atomic mass is 32.1. The van der Waals surface area contributed by atoms with Gasteiger partial charge in [-0.2, -0.15) is 0 Å². The first-order chi connectivity index (χ1) is 11.7. The average molecular weight is 342 g/mol. The molecule has 2 aromatic heterocycles. The van der Waals surface area contributed by atoms with Crippen LogP contribution in [0.1, 0.15) is 34.1 Å². The molecule has 0 saturated carbocycles. The number of hydrogen-bond acceptors (Lipinski definition) is 5. The third-order valence-electron chi connectivity index (χ3n) is 5.07. The molecule has 24 heavy (non-hydrogen) atoms. The Morgan fingerprint density at radius 2 is 2.08 bits per heavy atom. The summed E-state index contributed by atoms with van der Waals surface area (Å²) in [5.74, 6) is 1.85. The quantitative estimate of drug-likeness (QED) is 0.842. The van der Waals surface area contributed by atoms with Crippen LogP contribution in [0.4, 0.5) is 5.82 Å². The van der Waals surface area contributed by atoms with E-state index in [0.29, 0.717) is 0 Å². The van der Waals surface area contributed by atoms with Gasteiger partial charge in [-0.25, -0.2) is 4.98 Å². The monoisotopic (exact) mass is 342 g/mol. The molecule has 3 heterocycles. The number of aromatic nitrogens is 2. The molecule has 0 radical (unpaired) electrons. The Labute approximate surface area is 146 Å². The van der Waals surface area contributed by atoms with Crippen molar-refractivity contribution < 1.29 is 4.79 Å². The minimum Gasteiger partial charge on any atom is -0.352 e. The number of anilines is 1. The van der Waals surface area contributed by atoms with Crippen LogP contribution in [0, 0.1) is 5.92 Å². The Hall–Kier alpha value is -1.95. The fourth-order valence-corrected chi connectivity index (χ4v) is 4.86. The summed E-state index contributed by atoms with van der Waals surface area (Å²) in [5, 5.41) is 2.08. The summed E-state index contributed by atoms with van der Waals surface area (Å²) >= 11 is 1.77. The van der Waals surface area contributed by atoms with E-state index >= 15 is 0 Å². The lowest BCUT2D eigenvalue weighted by Crippen LogP contribution is -2.49. The number of rotatable bonds is 2. The first-order valence-corrected chi connectivity index (χ1v) is 9.50. The molecule has 1 saturated heterocycles. The van der Waals surface area contributed by atoms with Gasteiger partial charge >= 0.3 is 0 Å². The van der Waals surface area contributed by atoms with Gasteiger partial charge in [0.1, 0.15) is 5.82 Å². The molecule has 6 heteroatoms. The topological polar surface area (TPSA) is 49.3 Å². The van der Waals surface area contributed by atoms with Gasteiger partial charge in [0, 0.05) is 48.8 Å². The number of carbonyl (C=O) groups excluding carboxylic acids is 1. The van der Waals surface area contributed by atoms with Crippen LogP contribution in [0.2, 0.25) is 0 Å². The molecule has 2 aliphatic rings. The lowest BCUT2D eigenvalue weighted by atomic mass is 9.88. The number of nitrogens with zero attached hydrogens (tertiary/aromatic N) is 4. The van der Waals surface area contributed by atoms with Gasteiger partial charge in [0.2, 0.25) is 0 Å². The molecule has 126 valence electrons. The van der Waals surface area contributed by atoms with Gasteiger partial charge in [-0.15, -0.1) is 11.3 Å². The summed E-state index contributed by atoms with van der Waals surface area (Å²) in [7, 11) is 0. The fraction of sp³-hybridized carbons (Fsp3) is 0.500. The van der Waals surface area contributed by atoms with Gasteiger partial charge in [0.05, 0.1) is 11.8 Å². The van der Waals surface area contributed by atoms with Crippen molar-refractivity contribution >= 4 is 23.1 Å². The Kier molecular flexibility index (Phi) is 4.22. The second kappa shape index (κ2) is 6.51. The zero-order valence-corrected chi connectivity index (χ0v) is 14.8. The van der Waals surface area contributed by atoms with Crippen molar-refractivity contribution in [1.29, 1.82) is 0 Å². The molecule has 1 amide bonds. The first-order valence-electron chi connectivity index (χ1n) is 8.62. The highest BCUT2D eigenvalue weighted by molar-refractivity contribution is 7.10. The van der Waals surface area contributed by atoms with E-state index < -0.39 is 0 Å². The molecule has 1 fully saturated rings. The normalized spacial score (nSPS) is 20.8. The van der Waals surface area contributed by atoms with Crippen LogP contribution >= 0.6 is 11.3 Å². The predicted octanol–water partition coefficient (Wildman–Crippen LogP) is 2.63. The Balaban J connectivity index is 1.44. The minimum atomic E-state index is 0.209. The number of thiophene rings is 1. The molecule has 0 N–H and O–H groups in total. The predicted molar refractivity (Wildman–Crippen MR) is 95.7 cm³/mol. The summed E-state index contributed by atoms with van der Waals surface area (Å²) in [6, 6.07) is 0. The van der Waals surface area contributed by atoms with Crippen LogP contribution in [0.15, 0.2) is 24.0 Å². The van der Waals surface area contributed by atoms with Crippen LogP contribution < -0.4 is 4.90 Å². The number of piperazine rings is 1. The van der Waals surface area contributed by atoms with Gasteiger partial charge in [0.25, 0.3) is 5.91 Å². The van der Waals surface area contributed by atoms with Crippen molar-refractivity contribution in [3.8, 4) is 0 Å². The number of amides is 1. The number of carbonyl (C=O) groups is 1. The Bertz CT molecular complexity index is 722. The lowest BCUT2D eigenvalue weighted by Gasteiger charge is -2.35. The molecule has 2 aromatic rings. The number of hydrogen-bond donors (Lipinski definition) is 0. The van der Waals surface area contributed by atoms with Gasteiger partial charge in [-0.3, -0.25) is 9.78 Å². The van der Waals surface area contributed by atoms with E-state index in [-0.39, 0.29) is 5.91 Å². The van der Waals surface area contributed by atoms with E-state index in [2.05, 4.69) is 27.2 Å².